The Labute approximate surface area is 109 Å². The summed E-state index contributed by atoms with van der Waals surface area (Å²) in [5, 5.41) is 12.1. The molecule has 0 aliphatic carbocycles. The van der Waals surface area contributed by atoms with Crippen molar-refractivity contribution in [3.63, 3.8) is 0 Å². The summed E-state index contributed by atoms with van der Waals surface area (Å²) in [4.78, 5) is 14.0. The van der Waals surface area contributed by atoms with Gasteiger partial charge in [-0.2, -0.15) is 0 Å². The maximum atomic E-state index is 12.3. The van der Waals surface area contributed by atoms with Crippen molar-refractivity contribution in [2.75, 3.05) is 25.5 Å². The Bertz CT molecular complexity index is 416. The van der Waals surface area contributed by atoms with Crippen molar-refractivity contribution in [2.45, 2.75) is 26.8 Å². The number of anilines is 1. The Balaban J connectivity index is 2.98. The Hall–Kier alpha value is -1.55. The van der Waals surface area contributed by atoms with Crippen molar-refractivity contribution in [3.8, 4) is 0 Å². The van der Waals surface area contributed by atoms with E-state index in [1.54, 1.807) is 4.90 Å². The molecule has 0 saturated carbocycles. The number of carbonyl (C=O) groups is 1. The van der Waals surface area contributed by atoms with Crippen molar-refractivity contribution in [3.05, 3.63) is 29.3 Å². The number of rotatable bonds is 5. The molecule has 0 unspecified atom stereocenters. The Morgan fingerprint density at radius 2 is 2.11 bits per heavy atom. The highest BCUT2D eigenvalue weighted by molar-refractivity contribution is 5.95. The molecule has 18 heavy (non-hydrogen) atoms. The van der Waals surface area contributed by atoms with Crippen LogP contribution in [0.15, 0.2) is 18.2 Å². The highest BCUT2D eigenvalue weighted by Gasteiger charge is 2.18. The standard InChI is InChI=1S/C14H22N2O2/c1-10(2)16(7-8-17)14(18)12-5-6-13(15-4)11(3)9-12/h5-6,9-10,15,17H,7-8H2,1-4H3. The van der Waals surface area contributed by atoms with E-state index in [2.05, 4.69) is 5.32 Å². The molecule has 1 aromatic carbocycles. The predicted molar refractivity (Wildman–Crippen MR) is 74.0 cm³/mol. The van der Waals surface area contributed by atoms with Gasteiger partial charge in [-0.3, -0.25) is 4.79 Å². The first-order valence-electron chi connectivity index (χ1n) is 6.21. The van der Waals surface area contributed by atoms with Crippen LogP contribution in [0.4, 0.5) is 5.69 Å². The number of nitrogens with zero attached hydrogens (tertiary/aromatic N) is 1. The summed E-state index contributed by atoms with van der Waals surface area (Å²) >= 11 is 0. The van der Waals surface area contributed by atoms with Crippen LogP contribution in [-0.4, -0.2) is 42.2 Å². The molecule has 100 valence electrons. The van der Waals surface area contributed by atoms with Gasteiger partial charge in [0.25, 0.3) is 5.91 Å². The summed E-state index contributed by atoms with van der Waals surface area (Å²) < 4.78 is 0. The minimum atomic E-state index is -0.0372. The molecule has 0 spiro atoms. The zero-order valence-corrected chi connectivity index (χ0v) is 11.5. The summed E-state index contributed by atoms with van der Waals surface area (Å²) in [7, 11) is 1.86. The van der Waals surface area contributed by atoms with Crippen LogP contribution in [0.1, 0.15) is 29.8 Å². The van der Waals surface area contributed by atoms with Crippen molar-refractivity contribution < 1.29 is 9.90 Å². The van der Waals surface area contributed by atoms with E-state index in [4.69, 9.17) is 5.11 Å². The summed E-state index contributed by atoms with van der Waals surface area (Å²) in [6, 6.07) is 5.67. The molecule has 0 aliphatic heterocycles. The lowest BCUT2D eigenvalue weighted by Crippen LogP contribution is -2.39. The maximum Gasteiger partial charge on any atom is 0.254 e. The zero-order chi connectivity index (χ0) is 13.7. The molecule has 0 aromatic heterocycles. The van der Waals surface area contributed by atoms with Crippen LogP contribution in [0.2, 0.25) is 0 Å². The molecular weight excluding hydrogens is 228 g/mol. The van der Waals surface area contributed by atoms with Crippen molar-refractivity contribution in [1.82, 2.24) is 4.90 Å². The molecule has 0 heterocycles. The lowest BCUT2D eigenvalue weighted by atomic mass is 10.1. The Morgan fingerprint density at radius 3 is 2.56 bits per heavy atom. The van der Waals surface area contributed by atoms with Gasteiger partial charge in [-0.15, -0.1) is 0 Å². The summed E-state index contributed by atoms with van der Waals surface area (Å²) in [6.45, 7) is 6.21. The third kappa shape index (κ3) is 3.23. The van der Waals surface area contributed by atoms with Crippen molar-refractivity contribution >= 4 is 11.6 Å². The van der Waals surface area contributed by atoms with Gasteiger partial charge in [0, 0.05) is 30.9 Å². The van der Waals surface area contributed by atoms with Crippen LogP contribution in [0.25, 0.3) is 0 Å². The number of carbonyl (C=O) groups excluding carboxylic acids is 1. The number of amides is 1. The third-order valence-electron chi connectivity index (χ3n) is 2.97. The molecule has 1 amide bonds. The minimum absolute atomic E-state index is 0.0164. The van der Waals surface area contributed by atoms with Gasteiger partial charge >= 0.3 is 0 Å². The number of nitrogens with one attached hydrogen (secondary N) is 1. The first-order valence-corrected chi connectivity index (χ1v) is 6.21. The second kappa shape index (κ2) is 6.40. The summed E-state index contributed by atoms with van der Waals surface area (Å²) in [6.07, 6.45) is 0. The Kier molecular flexibility index (Phi) is 5.16. The fourth-order valence-corrected chi connectivity index (χ4v) is 1.95. The molecule has 0 atom stereocenters. The summed E-state index contributed by atoms with van der Waals surface area (Å²) in [5.74, 6) is -0.0372. The van der Waals surface area contributed by atoms with Crippen LogP contribution in [0.5, 0.6) is 0 Å². The van der Waals surface area contributed by atoms with Gasteiger partial charge in [0.2, 0.25) is 0 Å². The first-order chi connectivity index (χ1) is 8.51. The van der Waals surface area contributed by atoms with Gasteiger partial charge in [-0.25, -0.2) is 0 Å². The quantitative estimate of drug-likeness (QED) is 0.839. The molecule has 4 nitrogen and oxygen atoms in total. The molecule has 0 saturated heterocycles. The number of aryl methyl sites for hydroxylation is 1. The maximum absolute atomic E-state index is 12.3. The molecular formula is C14H22N2O2. The van der Waals surface area contributed by atoms with E-state index < -0.39 is 0 Å². The largest absolute Gasteiger partial charge is 0.395 e. The van der Waals surface area contributed by atoms with Crippen LogP contribution in [0, 0.1) is 6.92 Å². The van der Waals surface area contributed by atoms with Gasteiger partial charge in [0.1, 0.15) is 0 Å². The molecule has 0 fully saturated rings. The molecule has 0 aliphatic rings. The molecule has 0 radical (unpaired) electrons. The number of hydrogen-bond acceptors (Lipinski definition) is 3. The van der Waals surface area contributed by atoms with Gasteiger partial charge < -0.3 is 15.3 Å². The molecule has 1 aromatic rings. The minimum Gasteiger partial charge on any atom is -0.395 e. The Morgan fingerprint density at radius 1 is 1.44 bits per heavy atom. The van der Waals surface area contributed by atoms with Gasteiger partial charge in [-0.1, -0.05) is 0 Å². The van der Waals surface area contributed by atoms with Crippen LogP contribution >= 0.6 is 0 Å². The highest BCUT2D eigenvalue weighted by Crippen LogP contribution is 2.17. The molecule has 2 N–H and O–H groups in total. The number of benzene rings is 1. The second-order valence-corrected chi connectivity index (χ2v) is 4.60. The lowest BCUT2D eigenvalue weighted by Gasteiger charge is -2.26. The smallest absolute Gasteiger partial charge is 0.254 e. The van der Waals surface area contributed by atoms with E-state index in [1.807, 2.05) is 46.0 Å². The van der Waals surface area contributed by atoms with Gasteiger partial charge in [-0.05, 0) is 44.5 Å². The predicted octanol–water partition coefficient (Wildman–Crippen LogP) is 1.88. The number of aliphatic hydroxyl groups is 1. The third-order valence-corrected chi connectivity index (χ3v) is 2.97. The summed E-state index contributed by atoms with van der Waals surface area (Å²) in [5.41, 5.74) is 2.72. The zero-order valence-electron chi connectivity index (χ0n) is 11.5. The van der Waals surface area contributed by atoms with E-state index in [-0.39, 0.29) is 18.6 Å². The van der Waals surface area contributed by atoms with Gasteiger partial charge in [0.05, 0.1) is 6.61 Å². The molecule has 1 rings (SSSR count). The fourth-order valence-electron chi connectivity index (χ4n) is 1.95. The lowest BCUT2D eigenvalue weighted by molar-refractivity contribution is 0.0665. The highest BCUT2D eigenvalue weighted by atomic mass is 16.3. The average Bonchev–Trinajstić information content (AvgIpc) is 2.34. The van der Waals surface area contributed by atoms with E-state index in [9.17, 15) is 4.79 Å². The van der Waals surface area contributed by atoms with E-state index >= 15 is 0 Å². The average molecular weight is 250 g/mol. The number of aliphatic hydroxyl groups excluding tert-OH is 1. The number of hydrogen-bond donors (Lipinski definition) is 2. The van der Waals surface area contributed by atoms with Crippen LogP contribution in [0.3, 0.4) is 0 Å². The molecule has 0 bridgehead atoms. The van der Waals surface area contributed by atoms with E-state index in [1.165, 1.54) is 0 Å². The van der Waals surface area contributed by atoms with Crippen molar-refractivity contribution in [2.24, 2.45) is 0 Å². The van der Waals surface area contributed by atoms with Crippen LogP contribution < -0.4 is 5.32 Å². The fraction of sp³-hybridized carbons (Fsp3) is 0.500. The second-order valence-electron chi connectivity index (χ2n) is 4.60. The first kappa shape index (κ1) is 14.5. The normalized spacial score (nSPS) is 10.6. The van der Waals surface area contributed by atoms with E-state index in [0.717, 1.165) is 11.3 Å². The monoisotopic (exact) mass is 250 g/mol. The van der Waals surface area contributed by atoms with Crippen molar-refractivity contribution in [1.29, 1.82) is 0 Å². The SMILES string of the molecule is CNc1ccc(C(=O)N(CCO)C(C)C)cc1C. The van der Waals surface area contributed by atoms with Gasteiger partial charge in [0.15, 0.2) is 0 Å². The topological polar surface area (TPSA) is 52.6 Å². The molecule has 4 heteroatoms. The van der Waals surface area contributed by atoms with Crippen LogP contribution in [-0.2, 0) is 0 Å². The van der Waals surface area contributed by atoms with E-state index in [0.29, 0.717) is 12.1 Å².